The molecule has 1 aliphatic carbocycles. The molecule has 0 radical (unpaired) electrons. The van der Waals surface area contributed by atoms with Crippen molar-refractivity contribution in [3.63, 3.8) is 0 Å². The SMILES string of the molecule is CC(NCC(NC(=O)OC(C)(C)C)C1CC1)C(C)(C)O. The number of ether oxygens (including phenoxy) is 1. The summed E-state index contributed by atoms with van der Waals surface area (Å²) in [5, 5.41) is 16.1. The van der Waals surface area contributed by atoms with Crippen LogP contribution in [0.15, 0.2) is 0 Å². The van der Waals surface area contributed by atoms with Crippen LogP contribution in [-0.4, -0.2) is 41.0 Å². The van der Waals surface area contributed by atoms with Gasteiger partial charge >= 0.3 is 6.09 Å². The van der Waals surface area contributed by atoms with E-state index in [9.17, 15) is 9.90 Å². The van der Waals surface area contributed by atoms with Crippen molar-refractivity contribution in [3.05, 3.63) is 0 Å². The van der Waals surface area contributed by atoms with Gasteiger partial charge in [0.15, 0.2) is 0 Å². The van der Waals surface area contributed by atoms with Crippen LogP contribution in [0.1, 0.15) is 54.4 Å². The van der Waals surface area contributed by atoms with Gasteiger partial charge in [-0.25, -0.2) is 4.79 Å². The highest BCUT2D eigenvalue weighted by molar-refractivity contribution is 5.68. The highest BCUT2D eigenvalue weighted by atomic mass is 16.6. The lowest BCUT2D eigenvalue weighted by Crippen LogP contribution is -2.51. The molecule has 0 saturated heterocycles. The second-order valence-corrected chi connectivity index (χ2v) is 7.37. The summed E-state index contributed by atoms with van der Waals surface area (Å²) in [6.45, 7) is 11.7. The van der Waals surface area contributed by atoms with Crippen LogP contribution in [0.3, 0.4) is 0 Å². The zero-order chi connectivity index (χ0) is 15.6. The Morgan fingerprint density at radius 2 is 1.85 bits per heavy atom. The average Bonchev–Trinajstić information content (AvgIpc) is 3.02. The Balaban J connectivity index is 2.44. The first-order chi connectivity index (χ1) is 8.99. The first kappa shape index (κ1) is 17.2. The molecule has 2 unspecified atom stereocenters. The lowest BCUT2D eigenvalue weighted by atomic mass is 10.0. The van der Waals surface area contributed by atoms with Gasteiger partial charge in [-0.1, -0.05) is 0 Å². The Hall–Kier alpha value is -0.810. The standard InChI is InChI=1S/C15H30N2O3/c1-10(15(5,6)19)16-9-12(11-7-8-11)17-13(18)20-14(2,3)4/h10-12,16,19H,7-9H2,1-6H3,(H,17,18). The van der Waals surface area contributed by atoms with E-state index in [4.69, 9.17) is 4.74 Å². The van der Waals surface area contributed by atoms with Gasteiger partial charge in [0.05, 0.1) is 5.60 Å². The second-order valence-electron chi connectivity index (χ2n) is 7.37. The van der Waals surface area contributed by atoms with Gasteiger partial charge in [0.2, 0.25) is 0 Å². The van der Waals surface area contributed by atoms with Crippen molar-refractivity contribution < 1.29 is 14.6 Å². The van der Waals surface area contributed by atoms with Crippen molar-refractivity contribution in [2.75, 3.05) is 6.54 Å². The number of hydrogen-bond acceptors (Lipinski definition) is 4. The number of hydrogen-bond donors (Lipinski definition) is 3. The highest BCUT2D eigenvalue weighted by Crippen LogP contribution is 2.32. The normalized spacial score (nSPS) is 19.4. The molecule has 1 rings (SSSR count). The monoisotopic (exact) mass is 286 g/mol. The smallest absolute Gasteiger partial charge is 0.407 e. The number of aliphatic hydroxyl groups is 1. The molecule has 1 aliphatic rings. The van der Waals surface area contributed by atoms with Gasteiger partial charge in [-0.05, 0) is 60.3 Å². The van der Waals surface area contributed by atoms with Gasteiger partial charge in [0.25, 0.3) is 0 Å². The summed E-state index contributed by atoms with van der Waals surface area (Å²) < 4.78 is 5.29. The van der Waals surface area contributed by atoms with Crippen LogP contribution in [0.5, 0.6) is 0 Å². The molecule has 0 aromatic rings. The third-order valence-corrected chi connectivity index (χ3v) is 3.60. The van der Waals surface area contributed by atoms with Crippen LogP contribution in [0.4, 0.5) is 4.79 Å². The third kappa shape index (κ3) is 6.57. The maximum absolute atomic E-state index is 11.8. The summed E-state index contributed by atoms with van der Waals surface area (Å²) >= 11 is 0. The Kier molecular flexibility index (Phi) is 5.44. The van der Waals surface area contributed by atoms with E-state index in [1.807, 2.05) is 27.7 Å². The minimum Gasteiger partial charge on any atom is -0.444 e. The molecule has 0 bridgehead atoms. The number of nitrogens with one attached hydrogen (secondary N) is 2. The Bertz CT molecular complexity index is 327. The van der Waals surface area contributed by atoms with E-state index in [1.165, 1.54) is 0 Å². The zero-order valence-corrected chi connectivity index (χ0v) is 13.6. The van der Waals surface area contributed by atoms with Crippen LogP contribution in [-0.2, 0) is 4.74 Å². The molecule has 1 saturated carbocycles. The Morgan fingerprint density at radius 1 is 1.30 bits per heavy atom. The summed E-state index contributed by atoms with van der Waals surface area (Å²) in [5.74, 6) is 0.518. The van der Waals surface area contributed by atoms with E-state index < -0.39 is 11.2 Å². The largest absolute Gasteiger partial charge is 0.444 e. The van der Waals surface area contributed by atoms with Crippen molar-refractivity contribution in [1.29, 1.82) is 0 Å². The number of amides is 1. The molecule has 0 aromatic heterocycles. The van der Waals surface area contributed by atoms with Crippen molar-refractivity contribution in [1.82, 2.24) is 10.6 Å². The van der Waals surface area contributed by atoms with E-state index in [-0.39, 0.29) is 18.2 Å². The summed E-state index contributed by atoms with van der Waals surface area (Å²) in [4.78, 5) is 11.8. The van der Waals surface area contributed by atoms with Crippen molar-refractivity contribution in [2.45, 2.75) is 77.7 Å². The Labute approximate surface area is 122 Å². The minimum absolute atomic E-state index is 0.0378. The lowest BCUT2D eigenvalue weighted by molar-refractivity contribution is 0.0408. The van der Waals surface area contributed by atoms with Crippen molar-refractivity contribution in [3.8, 4) is 0 Å². The fraction of sp³-hybridized carbons (Fsp3) is 0.933. The van der Waals surface area contributed by atoms with Gasteiger partial charge in [0.1, 0.15) is 5.60 Å². The predicted molar refractivity (Wildman–Crippen MR) is 79.6 cm³/mol. The van der Waals surface area contributed by atoms with Crippen molar-refractivity contribution >= 4 is 6.09 Å². The van der Waals surface area contributed by atoms with Crippen LogP contribution in [0.2, 0.25) is 0 Å². The number of carbonyl (C=O) groups excluding carboxylic acids is 1. The zero-order valence-electron chi connectivity index (χ0n) is 13.6. The maximum atomic E-state index is 11.8. The maximum Gasteiger partial charge on any atom is 0.407 e. The molecular weight excluding hydrogens is 256 g/mol. The van der Waals surface area contributed by atoms with E-state index >= 15 is 0 Å². The Morgan fingerprint density at radius 3 is 2.25 bits per heavy atom. The minimum atomic E-state index is -0.778. The van der Waals surface area contributed by atoms with E-state index in [2.05, 4.69) is 10.6 Å². The quantitative estimate of drug-likeness (QED) is 0.699. The van der Waals surface area contributed by atoms with Crippen LogP contribution < -0.4 is 10.6 Å². The topological polar surface area (TPSA) is 70.6 Å². The highest BCUT2D eigenvalue weighted by Gasteiger charge is 2.34. The first-order valence-corrected chi connectivity index (χ1v) is 7.44. The van der Waals surface area contributed by atoms with E-state index in [1.54, 1.807) is 13.8 Å². The van der Waals surface area contributed by atoms with Crippen LogP contribution in [0, 0.1) is 5.92 Å². The van der Waals surface area contributed by atoms with Crippen LogP contribution in [0.25, 0.3) is 0 Å². The number of rotatable bonds is 6. The van der Waals surface area contributed by atoms with Crippen LogP contribution >= 0.6 is 0 Å². The lowest BCUT2D eigenvalue weighted by Gasteiger charge is -2.29. The summed E-state index contributed by atoms with van der Waals surface area (Å²) in [7, 11) is 0. The van der Waals surface area contributed by atoms with E-state index in [0.717, 1.165) is 12.8 Å². The molecule has 0 aromatic carbocycles. The van der Waals surface area contributed by atoms with Gasteiger partial charge in [-0.2, -0.15) is 0 Å². The fourth-order valence-corrected chi connectivity index (χ4v) is 1.85. The molecule has 20 heavy (non-hydrogen) atoms. The molecule has 1 amide bonds. The van der Waals surface area contributed by atoms with Crippen molar-refractivity contribution in [2.24, 2.45) is 5.92 Å². The third-order valence-electron chi connectivity index (χ3n) is 3.60. The van der Waals surface area contributed by atoms with Gasteiger partial charge < -0.3 is 20.5 Å². The molecule has 1 fully saturated rings. The van der Waals surface area contributed by atoms with Gasteiger partial charge in [-0.15, -0.1) is 0 Å². The predicted octanol–water partition coefficient (Wildman–Crippen LogP) is 2.04. The second kappa shape index (κ2) is 6.31. The number of alkyl carbamates (subject to hydrolysis) is 1. The summed E-state index contributed by atoms with van der Waals surface area (Å²) in [5.41, 5.74) is -1.26. The first-order valence-electron chi connectivity index (χ1n) is 7.44. The molecular formula is C15H30N2O3. The molecule has 5 nitrogen and oxygen atoms in total. The molecule has 2 atom stereocenters. The molecule has 5 heteroatoms. The number of carbonyl (C=O) groups is 1. The van der Waals surface area contributed by atoms with E-state index in [0.29, 0.717) is 12.5 Å². The molecule has 0 heterocycles. The molecule has 0 spiro atoms. The summed E-state index contributed by atoms with van der Waals surface area (Å²) in [6, 6.07) is 0.0267. The average molecular weight is 286 g/mol. The van der Waals surface area contributed by atoms with Gasteiger partial charge in [0, 0.05) is 18.6 Å². The fourth-order valence-electron chi connectivity index (χ4n) is 1.85. The summed E-state index contributed by atoms with van der Waals surface area (Å²) in [6.07, 6.45) is 1.91. The molecule has 3 N–H and O–H groups in total. The molecule has 0 aliphatic heterocycles. The van der Waals surface area contributed by atoms with Gasteiger partial charge in [-0.3, -0.25) is 0 Å². The molecule has 118 valence electrons.